The maximum atomic E-state index is 13.6. The number of likely N-dealkylation sites (N-methyl/N-ethyl adjacent to an activating group) is 1. The largest absolute Gasteiger partial charge is 0.508 e. The summed E-state index contributed by atoms with van der Waals surface area (Å²) in [5, 5.41) is 35.8. The molecule has 2 fully saturated rings. The van der Waals surface area contributed by atoms with Gasteiger partial charge in [-0.2, -0.15) is 0 Å². The molecule has 44 heavy (non-hydrogen) atoms. The van der Waals surface area contributed by atoms with Gasteiger partial charge in [0.2, 0.25) is 17.0 Å². The van der Waals surface area contributed by atoms with Gasteiger partial charge < -0.3 is 30.6 Å². The summed E-state index contributed by atoms with van der Waals surface area (Å²) in [5.41, 5.74) is 0.445. The Morgan fingerprint density at radius 2 is 1.93 bits per heavy atom. The summed E-state index contributed by atoms with van der Waals surface area (Å²) in [7, 11) is 0. The summed E-state index contributed by atoms with van der Waals surface area (Å²) in [6, 6.07) is 0.0995. The normalized spacial score (nSPS) is 23.4. The lowest BCUT2D eigenvalue weighted by atomic mass is 9.98. The zero-order chi connectivity index (χ0) is 34.2. The van der Waals surface area contributed by atoms with Crippen LogP contribution in [0.4, 0.5) is 4.79 Å². The Balaban J connectivity index is 1.31. The van der Waals surface area contributed by atoms with Crippen molar-refractivity contribution in [1.82, 2.24) is 45.5 Å². The van der Waals surface area contributed by atoms with E-state index in [1.807, 2.05) is 0 Å². The van der Waals surface area contributed by atoms with E-state index in [1.54, 1.807) is 6.92 Å². The SMILES string of the molecule is [2H]C([2H])([2H])n1nnnc1SCC1=CS[C@@H]2[C@H](NC(=O)[C@H](NC(=O)N3CCN(CC)C(=O)C3=O)c3ccc(O)cc3)C(=O)N2C1C(=O)O. The van der Waals surface area contributed by atoms with Gasteiger partial charge >= 0.3 is 23.8 Å². The number of carbonyl (C=O) groups is 6. The minimum absolute atomic E-state index is 0.0589. The van der Waals surface area contributed by atoms with Gasteiger partial charge in [-0.25, -0.2) is 14.3 Å². The molecule has 3 aliphatic rings. The molecule has 0 bridgehead atoms. The molecule has 6 amide bonds. The van der Waals surface area contributed by atoms with E-state index in [-0.39, 0.29) is 47.4 Å². The molecule has 5 rings (SSSR count). The molecule has 0 spiro atoms. The summed E-state index contributed by atoms with van der Waals surface area (Å²) in [5.74, 6) is -5.08. The number of piperazine rings is 1. The van der Waals surface area contributed by atoms with E-state index in [2.05, 4.69) is 26.2 Å². The fourth-order valence-electron chi connectivity index (χ4n) is 4.82. The highest BCUT2D eigenvalue weighted by molar-refractivity contribution is 8.03. The van der Waals surface area contributed by atoms with Gasteiger partial charge in [0.15, 0.2) is 6.04 Å². The Hall–Kier alpha value is -4.65. The number of aromatic nitrogens is 4. The summed E-state index contributed by atoms with van der Waals surface area (Å²) >= 11 is 1.93. The number of aryl methyl sites for hydroxylation is 1. The first-order valence-corrected chi connectivity index (χ1v) is 15.0. The van der Waals surface area contributed by atoms with E-state index in [1.165, 1.54) is 34.6 Å². The molecule has 0 aliphatic carbocycles. The van der Waals surface area contributed by atoms with Gasteiger partial charge in [-0.15, -0.1) is 16.9 Å². The topological polar surface area (TPSA) is 220 Å². The summed E-state index contributed by atoms with van der Waals surface area (Å²) in [4.78, 5) is 80.3. The number of benzene rings is 1. The zero-order valence-corrected chi connectivity index (χ0v) is 24.4. The Kier molecular flexibility index (Phi) is 7.67. The molecular formula is C25H27N9O8S2. The van der Waals surface area contributed by atoms with Crippen molar-refractivity contribution in [2.75, 3.05) is 25.4 Å². The average Bonchev–Trinajstić information content (AvgIpc) is 3.52. The number of tetrazole rings is 1. The number of carboxylic acids is 1. The lowest BCUT2D eigenvalue weighted by Gasteiger charge is -2.51. The first kappa shape index (κ1) is 26.9. The first-order chi connectivity index (χ1) is 22.2. The molecule has 232 valence electrons. The maximum absolute atomic E-state index is 13.6. The third kappa shape index (κ3) is 5.79. The van der Waals surface area contributed by atoms with Crippen LogP contribution in [0.15, 0.2) is 40.4 Å². The van der Waals surface area contributed by atoms with Crippen LogP contribution in [-0.4, -0.2) is 124 Å². The maximum Gasteiger partial charge on any atom is 0.330 e. The van der Waals surface area contributed by atoms with Crippen LogP contribution < -0.4 is 10.6 Å². The van der Waals surface area contributed by atoms with Crippen molar-refractivity contribution in [2.45, 2.75) is 35.6 Å². The Labute approximate surface area is 262 Å². The van der Waals surface area contributed by atoms with Gasteiger partial charge in [-0.3, -0.25) is 24.1 Å². The number of nitrogens with zero attached hydrogens (tertiary/aromatic N) is 7. The fraction of sp³-hybridized carbons (Fsp3) is 0.400. The van der Waals surface area contributed by atoms with E-state index in [9.17, 15) is 39.0 Å². The molecular weight excluding hydrogens is 618 g/mol. The third-order valence-electron chi connectivity index (χ3n) is 7.10. The zero-order valence-electron chi connectivity index (χ0n) is 25.8. The molecule has 0 radical (unpaired) electrons. The number of urea groups is 1. The lowest BCUT2D eigenvalue weighted by molar-refractivity contribution is -0.160. The molecule has 4 N–H and O–H groups in total. The second kappa shape index (κ2) is 12.5. The number of aromatic hydroxyl groups is 1. The van der Waals surface area contributed by atoms with Gasteiger partial charge in [-0.05, 0) is 46.0 Å². The molecule has 0 saturated carbocycles. The van der Waals surface area contributed by atoms with Gasteiger partial charge in [0.05, 0.1) is 0 Å². The van der Waals surface area contributed by atoms with Crippen molar-refractivity contribution in [3.05, 3.63) is 40.8 Å². The molecule has 4 atom stereocenters. The average molecular weight is 649 g/mol. The van der Waals surface area contributed by atoms with Crippen LogP contribution in [0.3, 0.4) is 0 Å². The summed E-state index contributed by atoms with van der Waals surface area (Å²) in [6.07, 6.45) is 0. The highest BCUT2D eigenvalue weighted by Gasteiger charge is 2.56. The van der Waals surface area contributed by atoms with Crippen molar-refractivity contribution >= 4 is 59.2 Å². The van der Waals surface area contributed by atoms with E-state index >= 15 is 0 Å². The molecule has 2 saturated heterocycles. The number of rotatable bonds is 9. The number of carbonyl (C=O) groups excluding carboxylic acids is 5. The fourth-order valence-corrected chi connectivity index (χ4v) is 6.94. The van der Waals surface area contributed by atoms with Crippen LogP contribution in [0.5, 0.6) is 5.75 Å². The third-order valence-corrected chi connectivity index (χ3v) is 9.31. The molecule has 1 unspecified atom stereocenters. The number of hydrogen-bond donors (Lipinski definition) is 4. The molecule has 3 aliphatic heterocycles. The van der Waals surface area contributed by atoms with Gasteiger partial charge in [-0.1, -0.05) is 23.9 Å². The quantitative estimate of drug-likeness (QED) is 0.144. The Morgan fingerprint density at radius 3 is 2.61 bits per heavy atom. The molecule has 1 aromatic heterocycles. The summed E-state index contributed by atoms with van der Waals surface area (Å²) in [6.45, 7) is -0.718. The monoisotopic (exact) mass is 648 g/mol. The molecule has 19 heteroatoms. The predicted molar refractivity (Wildman–Crippen MR) is 153 cm³/mol. The smallest absolute Gasteiger partial charge is 0.330 e. The number of nitrogens with one attached hydrogen (secondary N) is 2. The second-order valence-corrected chi connectivity index (χ2v) is 11.6. The van der Waals surface area contributed by atoms with E-state index < -0.39 is 66.1 Å². The molecule has 1 aromatic carbocycles. The first-order valence-electron chi connectivity index (χ1n) is 14.5. The number of β-lactam (4-membered cyclic amide) rings is 1. The summed E-state index contributed by atoms with van der Waals surface area (Å²) < 4.78 is 23.2. The van der Waals surface area contributed by atoms with Crippen molar-refractivity contribution in [1.29, 1.82) is 0 Å². The van der Waals surface area contributed by atoms with Gasteiger partial charge in [0.1, 0.15) is 23.2 Å². The van der Waals surface area contributed by atoms with E-state index in [0.29, 0.717) is 9.58 Å². The van der Waals surface area contributed by atoms with Gasteiger partial charge in [0, 0.05) is 36.5 Å². The van der Waals surface area contributed by atoms with Crippen molar-refractivity contribution < 1.29 is 43.1 Å². The number of hydrogen-bond acceptors (Lipinski definition) is 12. The number of carboxylic acid groups (broad SMARTS) is 1. The van der Waals surface area contributed by atoms with Crippen LogP contribution >= 0.6 is 23.5 Å². The predicted octanol–water partition coefficient (Wildman–Crippen LogP) is -1.11. The number of fused-ring (bicyclic) bond motifs is 1. The van der Waals surface area contributed by atoms with Crippen LogP contribution in [0.25, 0.3) is 0 Å². The van der Waals surface area contributed by atoms with Crippen molar-refractivity contribution in [3.8, 4) is 5.75 Å². The number of thioether (sulfide) groups is 2. The number of amides is 6. The Bertz CT molecular complexity index is 1650. The highest BCUT2D eigenvalue weighted by atomic mass is 32.2. The molecule has 17 nitrogen and oxygen atoms in total. The standard InChI is InChI=1S/C25H27N9O8S2/c1-3-32-8-9-33(21(39)20(32)38)24(42)27-15(12-4-6-14(35)7-5-12)18(36)26-16-19(37)34-17(23(40)41)13(10-43-22(16)34)11-44-25-28-29-30-31(25)2/h4-7,10,15-17,22,35H,3,8-9,11H2,1-2H3,(H,26,36)(H,27,42)(H,40,41)/t15-,16-,17?,22-/m1/s1/i2D3. The minimum atomic E-state index is -2.66. The molecule has 2 aromatic rings. The van der Waals surface area contributed by atoms with Gasteiger partial charge in [0.25, 0.3) is 0 Å². The van der Waals surface area contributed by atoms with Crippen LogP contribution in [-0.2, 0) is 30.9 Å². The van der Waals surface area contributed by atoms with E-state index in [0.717, 1.165) is 28.4 Å². The van der Waals surface area contributed by atoms with Crippen LogP contribution in [0, 0.1) is 0 Å². The highest BCUT2D eigenvalue weighted by Crippen LogP contribution is 2.41. The number of phenolic OH excluding ortho intramolecular Hbond substituents is 1. The van der Waals surface area contributed by atoms with Crippen LogP contribution in [0.1, 0.15) is 22.6 Å². The number of imide groups is 1. The number of phenols is 1. The van der Waals surface area contributed by atoms with E-state index in [4.69, 9.17) is 4.11 Å². The van der Waals surface area contributed by atoms with Crippen molar-refractivity contribution in [3.63, 3.8) is 0 Å². The number of aliphatic carboxylic acids is 1. The van der Waals surface area contributed by atoms with Crippen molar-refractivity contribution in [2.24, 2.45) is 6.98 Å². The lowest BCUT2D eigenvalue weighted by Crippen LogP contribution is -2.74. The van der Waals surface area contributed by atoms with Crippen LogP contribution in [0.2, 0.25) is 0 Å². The molecule has 4 heterocycles. The minimum Gasteiger partial charge on any atom is -0.508 e. The Morgan fingerprint density at radius 1 is 1.18 bits per heavy atom. The second-order valence-electron chi connectivity index (χ2n) is 9.67.